The second kappa shape index (κ2) is 10.8. The van der Waals surface area contributed by atoms with Crippen LogP contribution in [0.15, 0.2) is 78.9 Å². The number of methoxy groups -OCH3 is 1. The first-order valence-corrected chi connectivity index (χ1v) is 9.78. The molecule has 0 unspecified atom stereocenters. The molecule has 160 valence electrons. The topological polar surface area (TPSA) is 79.9 Å². The monoisotopic (exact) mass is 419 g/mol. The summed E-state index contributed by atoms with van der Waals surface area (Å²) in [6, 6.07) is 23.6. The molecule has 0 aliphatic rings. The lowest BCUT2D eigenvalue weighted by molar-refractivity contribution is -0.119. The molecule has 0 atom stereocenters. The molecule has 2 N–H and O–H groups in total. The Hall–Kier alpha value is -3.84. The standard InChI is InChI=1S/C24H25N3O4/c1-27(16-23(28)25-18-12-14-19(30-2)15-13-18)17-24(29)26-21-10-6-7-11-22(21)31-20-8-4-3-5-9-20/h3-15H,16-17H2,1-2H3,(H,25,28)(H,26,29). The van der Waals surface area contributed by atoms with Crippen LogP contribution in [-0.4, -0.2) is 44.0 Å². The smallest absolute Gasteiger partial charge is 0.238 e. The zero-order valence-corrected chi connectivity index (χ0v) is 17.5. The molecule has 7 heteroatoms. The maximum Gasteiger partial charge on any atom is 0.238 e. The van der Waals surface area contributed by atoms with Crippen LogP contribution >= 0.6 is 0 Å². The minimum atomic E-state index is -0.246. The van der Waals surface area contributed by atoms with Gasteiger partial charge in [-0.1, -0.05) is 30.3 Å². The number of para-hydroxylation sites is 3. The van der Waals surface area contributed by atoms with Crippen LogP contribution in [0.2, 0.25) is 0 Å². The summed E-state index contributed by atoms with van der Waals surface area (Å²) in [6.07, 6.45) is 0. The molecule has 0 aliphatic heterocycles. The zero-order valence-electron chi connectivity index (χ0n) is 17.5. The fourth-order valence-electron chi connectivity index (χ4n) is 2.89. The summed E-state index contributed by atoms with van der Waals surface area (Å²) in [4.78, 5) is 26.4. The van der Waals surface area contributed by atoms with Gasteiger partial charge in [-0.2, -0.15) is 0 Å². The Labute approximate surface area is 181 Å². The van der Waals surface area contributed by atoms with Crippen molar-refractivity contribution in [3.05, 3.63) is 78.9 Å². The van der Waals surface area contributed by atoms with E-state index < -0.39 is 0 Å². The van der Waals surface area contributed by atoms with Crippen LogP contribution in [0.5, 0.6) is 17.2 Å². The number of ether oxygens (including phenoxy) is 2. The molecule has 31 heavy (non-hydrogen) atoms. The fraction of sp³-hybridized carbons (Fsp3) is 0.167. The summed E-state index contributed by atoms with van der Waals surface area (Å²) < 4.78 is 11.0. The van der Waals surface area contributed by atoms with E-state index in [2.05, 4.69) is 10.6 Å². The summed E-state index contributed by atoms with van der Waals surface area (Å²) in [5.74, 6) is 1.47. The van der Waals surface area contributed by atoms with E-state index in [4.69, 9.17) is 9.47 Å². The molecule has 0 aliphatic carbocycles. The number of nitrogens with zero attached hydrogens (tertiary/aromatic N) is 1. The van der Waals surface area contributed by atoms with Crippen LogP contribution in [0.4, 0.5) is 11.4 Å². The average Bonchev–Trinajstić information content (AvgIpc) is 2.76. The van der Waals surface area contributed by atoms with E-state index in [9.17, 15) is 9.59 Å². The Morgan fingerprint density at radius 3 is 2.06 bits per heavy atom. The lowest BCUT2D eigenvalue weighted by Gasteiger charge is -2.17. The van der Waals surface area contributed by atoms with Gasteiger partial charge >= 0.3 is 0 Å². The number of rotatable bonds is 9. The Bertz CT molecular complexity index is 1010. The first-order valence-electron chi connectivity index (χ1n) is 9.78. The van der Waals surface area contributed by atoms with Crippen molar-refractivity contribution in [3.8, 4) is 17.2 Å². The van der Waals surface area contributed by atoms with Gasteiger partial charge in [0.2, 0.25) is 11.8 Å². The molecule has 0 fully saturated rings. The van der Waals surface area contributed by atoms with Crippen molar-refractivity contribution in [1.29, 1.82) is 0 Å². The van der Waals surface area contributed by atoms with Crippen molar-refractivity contribution in [3.63, 3.8) is 0 Å². The minimum Gasteiger partial charge on any atom is -0.497 e. The molecule has 3 rings (SSSR count). The van der Waals surface area contributed by atoms with Gasteiger partial charge in [-0.25, -0.2) is 0 Å². The van der Waals surface area contributed by atoms with Gasteiger partial charge in [0.05, 0.1) is 25.9 Å². The van der Waals surface area contributed by atoms with Gasteiger partial charge in [0, 0.05) is 5.69 Å². The Kier molecular flexibility index (Phi) is 7.61. The molecule has 0 radical (unpaired) electrons. The normalized spacial score (nSPS) is 10.4. The molecule has 0 bridgehead atoms. The van der Waals surface area contributed by atoms with Crippen molar-refractivity contribution in [2.45, 2.75) is 0 Å². The molecule has 0 saturated heterocycles. The van der Waals surface area contributed by atoms with E-state index in [-0.39, 0.29) is 24.9 Å². The predicted molar refractivity (Wildman–Crippen MR) is 121 cm³/mol. The van der Waals surface area contributed by atoms with Crippen LogP contribution in [0, 0.1) is 0 Å². The van der Waals surface area contributed by atoms with Crippen LogP contribution in [-0.2, 0) is 9.59 Å². The van der Waals surface area contributed by atoms with Crippen LogP contribution in [0.25, 0.3) is 0 Å². The number of amides is 2. The van der Waals surface area contributed by atoms with Crippen molar-refractivity contribution < 1.29 is 19.1 Å². The van der Waals surface area contributed by atoms with Gasteiger partial charge in [0.25, 0.3) is 0 Å². The third kappa shape index (κ3) is 6.87. The summed E-state index contributed by atoms with van der Waals surface area (Å²) in [7, 11) is 3.29. The Morgan fingerprint density at radius 2 is 1.39 bits per heavy atom. The van der Waals surface area contributed by atoms with Gasteiger partial charge < -0.3 is 20.1 Å². The van der Waals surface area contributed by atoms with Gasteiger partial charge in [-0.05, 0) is 55.6 Å². The van der Waals surface area contributed by atoms with Crippen molar-refractivity contribution >= 4 is 23.2 Å². The quantitative estimate of drug-likeness (QED) is 0.548. The van der Waals surface area contributed by atoms with Crippen LogP contribution in [0.3, 0.4) is 0 Å². The molecule has 3 aromatic carbocycles. The van der Waals surface area contributed by atoms with Crippen molar-refractivity contribution in [1.82, 2.24) is 4.90 Å². The molecule has 0 saturated carbocycles. The summed E-state index contributed by atoms with van der Waals surface area (Å²) in [6.45, 7) is 0.122. The number of hydrogen-bond donors (Lipinski definition) is 2. The third-order valence-electron chi connectivity index (χ3n) is 4.33. The maximum absolute atomic E-state index is 12.5. The lowest BCUT2D eigenvalue weighted by Crippen LogP contribution is -2.36. The highest BCUT2D eigenvalue weighted by Crippen LogP contribution is 2.29. The van der Waals surface area contributed by atoms with E-state index >= 15 is 0 Å². The highest BCUT2D eigenvalue weighted by molar-refractivity contribution is 5.95. The fourth-order valence-corrected chi connectivity index (χ4v) is 2.89. The number of likely N-dealkylation sites (N-methyl/N-ethyl adjacent to an activating group) is 1. The number of anilines is 2. The minimum absolute atomic E-state index is 0.0513. The molecular weight excluding hydrogens is 394 g/mol. The number of carbonyl (C=O) groups is 2. The molecule has 2 amide bonds. The highest BCUT2D eigenvalue weighted by Gasteiger charge is 2.13. The SMILES string of the molecule is COc1ccc(NC(=O)CN(C)CC(=O)Nc2ccccc2Oc2ccccc2)cc1. The number of benzene rings is 3. The van der Waals surface area contributed by atoms with Gasteiger partial charge in [0.15, 0.2) is 5.75 Å². The average molecular weight is 419 g/mol. The molecule has 0 aromatic heterocycles. The molecule has 7 nitrogen and oxygen atoms in total. The maximum atomic E-state index is 12.5. The van der Waals surface area contributed by atoms with Crippen LogP contribution < -0.4 is 20.1 Å². The Balaban J connectivity index is 1.51. The Morgan fingerprint density at radius 1 is 0.774 bits per heavy atom. The highest BCUT2D eigenvalue weighted by atomic mass is 16.5. The van der Waals surface area contributed by atoms with E-state index in [1.165, 1.54) is 0 Å². The van der Waals surface area contributed by atoms with Gasteiger partial charge in [0.1, 0.15) is 11.5 Å². The summed E-state index contributed by atoms with van der Waals surface area (Å²) in [5.41, 5.74) is 1.23. The van der Waals surface area contributed by atoms with Crippen LogP contribution in [0.1, 0.15) is 0 Å². The lowest BCUT2D eigenvalue weighted by atomic mass is 10.2. The third-order valence-corrected chi connectivity index (χ3v) is 4.33. The first-order chi connectivity index (χ1) is 15.0. The first kappa shape index (κ1) is 21.9. The zero-order chi connectivity index (χ0) is 22.1. The van der Waals surface area contributed by atoms with Crippen molar-refractivity contribution in [2.24, 2.45) is 0 Å². The number of hydrogen-bond acceptors (Lipinski definition) is 5. The molecule has 0 spiro atoms. The number of nitrogens with one attached hydrogen (secondary N) is 2. The summed E-state index contributed by atoms with van der Waals surface area (Å²) >= 11 is 0. The molecule has 3 aromatic rings. The predicted octanol–water partition coefficient (Wildman–Crippen LogP) is 4.00. The van der Waals surface area contributed by atoms with Gasteiger partial charge in [-0.3, -0.25) is 14.5 Å². The van der Waals surface area contributed by atoms with E-state index in [1.54, 1.807) is 55.5 Å². The molecule has 0 heterocycles. The van der Waals surface area contributed by atoms with E-state index in [0.717, 1.165) is 0 Å². The van der Waals surface area contributed by atoms with Gasteiger partial charge in [-0.15, -0.1) is 0 Å². The second-order valence-corrected chi connectivity index (χ2v) is 6.91. The second-order valence-electron chi connectivity index (χ2n) is 6.91. The molecular formula is C24H25N3O4. The number of carbonyl (C=O) groups excluding carboxylic acids is 2. The van der Waals surface area contributed by atoms with Crippen molar-refractivity contribution in [2.75, 3.05) is 37.9 Å². The van der Waals surface area contributed by atoms with E-state index in [0.29, 0.717) is 28.6 Å². The largest absolute Gasteiger partial charge is 0.497 e. The van der Waals surface area contributed by atoms with E-state index in [1.807, 2.05) is 42.5 Å². The summed E-state index contributed by atoms with van der Waals surface area (Å²) in [5, 5.41) is 5.64.